The van der Waals surface area contributed by atoms with E-state index in [1.54, 1.807) is 11.3 Å². The fraction of sp³-hybridized carbons (Fsp3) is 0.0882. The molecule has 0 aliphatic carbocycles. The SMILES string of the molecule is C[Si](C)(C)c1ccc(-c2ccc(-c3ccc(-c4cccc(-c5nc6ccccc6s5)c4)cc3)cc2)cc1. The van der Waals surface area contributed by atoms with Crippen molar-refractivity contribution in [3.63, 3.8) is 0 Å². The molecule has 1 nitrogen and oxygen atoms in total. The third-order valence-corrected chi connectivity index (χ3v) is 10.1. The van der Waals surface area contributed by atoms with E-state index in [1.165, 1.54) is 43.3 Å². The Morgan fingerprint density at radius 1 is 0.486 bits per heavy atom. The average molecular weight is 512 g/mol. The number of rotatable bonds is 5. The first-order chi connectivity index (χ1) is 17.9. The lowest BCUT2D eigenvalue weighted by Crippen LogP contribution is -2.37. The van der Waals surface area contributed by atoms with E-state index >= 15 is 0 Å². The van der Waals surface area contributed by atoms with Gasteiger partial charge in [-0.05, 0) is 51.6 Å². The minimum absolute atomic E-state index is 1.06. The summed E-state index contributed by atoms with van der Waals surface area (Å²) in [5, 5.41) is 2.56. The number of aromatic nitrogens is 1. The zero-order chi connectivity index (χ0) is 25.4. The van der Waals surface area contributed by atoms with E-state index in [0.717, 1.165) is 16.1 Å². The van der Waals surface area contributed by atoms with Crippen molar-refractivity contribution in [2.45, 2.75) is 19.6 Å². The zero-order valence-electron chi connectivity index (χ0n) is 21.4. The van der Waals surface area contributed by atoms with Crippen molar-refractivity contribution < 1.29 is 0 Å². The van der Waals surface area contributed by atoms with Gasteiger partial charge in [-0.2, -0.15) is 0 Å². The van der Waals surface area contributed by atoms with Crippen LogP contribution in [0.4, 0.5) is 0 Å². The Morgan fingerprint density at radius 2 is 0.973 bits per heavy atom. The topological polar surface area (TPSA) is 12.9 Å². The first kappa shape index (κ1) is 23.6. The molecule has 0 radical (unpaired) electrons. The van der Waals surface area contributed by atoms with Gasteiger partial charge < -0.3 is 0 Å². The van der Waals surface area contributed by atoms with Crippen LogP contribution in [0, 0.1) is 0 Å². The van der Waals surface area contributed by atoms with Gasteiger partial charge >= 0.3 is 0 Å². The number of hydrogen-bond donors (Lipinski definition) is 0. The van der Waals surface area contributed by atoms with E-state index in [-0.39, 0.29) is 0 Å². The van der Waals surface area contributed by atoms with Gasteiger partial charge in [0.2, 0.25) is 0 Å². The van der Waals surface area contributed by atoms with E-state index in [9.17, 15) is 0 Å². The summed E-state index contributed by atoms with van der Waals surface area (Å²) in [6.07, 6.45) is 0. The van der Waals surface area contributed by atoms with Crippen LogP contribution in [0.5, 0.6) is 0 Å². The molecular formula is C34H29NSSi. The van der Waals surface area contributed by atoms with E-state index in [1.807, 2.05) is 6.07 Å². The maximum absolute atomic E-state index is 4.84. The lowest BCUT2D eigenvalue weighted by molar-refractivity contribution is 1.47. The van der Waals surface area contributed by atoms with Crippen molar-refractivity contribution in [2.75, 3.05) is 0 Å². The monoisotopic (exact) mass is 511 g/mol. The molecule has 0 saturated carbocycles. The molecule has 0 atom stereocenters. The van der Waals surface area contributed by atoms with Crippen LogP contribution in [-0.4, -0.2) is 13.1 Å². The molecule has 0 spiro atoms. The van der Waals surface area contributed by atoms with Crippen molar-refractivity contribution >= 4 is 34.8 Å². The molecule has 37 heavy (non-hydrogen) atoms. The summed E-state index contributed by atoms with van der Waals surface area (Å²) in [4.78, 5) is 4.84. The second kappa shape index (κ2) is 9.58. The van der Waals surface area contributed by atoms with Crippen molar-refractivity contribution in [3.05, 3.63) is 121 Å². The number of fused-ring (bicyclic) bond motifs is 1. The van der Waals surface area contributed by atoms with Crippen molar-refractivity contribution in [1.29, 1.82) is 0 Å². The summed E-state index contributed by atoms with van der Waals surface area (Å²) in [5.41, 5.74) is 9.64. The van der Waals surface area contributed by atoms with E-state index in [0.29, 0.717) is 0 Å². The third-order valence-electron chi connectivity index (χ3n) is 6.92. The van der Waals surface area contributed by atoms with Crippen molar-refractivity contribution in [1.82, 2.24) is 4.98 Å². The molecule has 0 amide bonds. The van der Waals surface area contributed by atoms with Crippen molar-refractivity contribution in [3.8, 4) is 44.0 Å². The number of thiazole rings is 1. The highest BCUT2D eigenvalue weighted by molar-refractivity contribution is 7.21. The lowest BCUT2D eigenvalue weighted by atomic mass is 9.97. The predicted molar refractivity (Wildman–Crippen MR) is 164 cm³/mol. The molecule has 0 saturated heterocycles. The Hall–Kier alpha value is -3.79. The van der Waals surface area contributed by atoms with Gasteiger partial charge in [-0.1, -0.05) is 128 Å². The molecule has 0 N–H and O–H groups in total. The molecular weight excluding hydrogens is 483 g/mol. The molecule has 1 heterocycles. The quantitative estimate of drug-likeness (QED) is 0.210. The molecule has 0 fully saturated rings. The van der Waals surface area contributed by atoms with Crippen LogP contribution in [0.1, 0.15) is 0 Å². The second-order valence-corrected chi connectivity index (χ2v) is 16.7. The molecule has 1 aromatic heterocycles. The Bertz CT molecular complexity index is 1640. The summed E-state index contributed by atoms with van der Waals surface area (Å²) >= 11 is 1.75. The summed E-state index contributed by atoms with van der Waals surface area (Å²) in [6, 6.07) is 43.9. The number of para-hydroxylation sites is 1. The van der Waals surface area contributed by atoms with Crippen LogP contribution in [0.25, 0.3) is 54.2 Å². The fourth-order valence-corrected chi connectivity index (χ4v) is 6.83. The van der Waals surface area contributed by atoms with Crippen LogP contribution in [0.2, 0.25) is 19.6 Å². The Labute approximate surface area is 224 Å². The summed E-state index contributed by atoms with van der Waals surface area (Å²) in [6.45, 7) is 7.17. The van der Waals surface area contributed by atoms with Gasteiger partial charge in [-0.25, -0.2) is 4.98 Å². The van der Waals surface area contributed by atoms with E-state index < -0.39 is 8.07 Å². The fourth-order valence-electron chi connectivity index (χ4n) is 4.70. The average Bonchev–Trinajstić information content (AvgIpc) is 3.38. The maximum Gasteiger partial charge on any atom is 0.124 e. The van der Waals surface area contributed by atoms with Crippen LogP contribution >= 0.6 is 11.3 Å². The van der Waals surface area contributed by atoms with Gasteiger partial charge in [0.1, 0.15) is 5.01 Å². The zero-order valence-corrected chi connectivity index (χ0v) is 23.2. The maximum atomic E-state index is 4.84. The highest BCUT2D eigenvalue weighted by Gasteiger charge is 2.15. The molecule has 0 aliphatic rings. The molecule has 6 rings (SSSR count). The van der Waals surface area contributed by atoms with Crippen LogP contribution in [0.15, 0.2) is 121 Å². The van der Waals surface area contributed by atoms with E-state index in [2.05, 4.69) is 135 Å². The molecule has 5 aromatic carbocycles. The highest BCUT2D eigenvalue weighted by Crippen LogP contribution is 2.33. The number of nitrogens with zero attached hydrogens (tertiary/aromatic N) is 1. The largest absolute Gasteiger partial charge is 0.236 e. The Balaban J connectivity index is 1.22. The minimum Gasteiger partial charge on any atom is -0.236 e. The van der Waals surface area contributed by atoms with E-state index in [4.69, 9.17) is 4.98 Å². The first-order valence-corrected chi connectivity index (χ1v) is 17.0. The second-order valence-electron chi connectivity index (χ2n) is 10.5. The highest BCUT2D eigenvalue weighted by atomic mass is 32.1. The van der Waals surface area contributed by atoms with Crippen molar-refractivity contribution in [2.24, 2.45) is 0 Å². The van der Waals surface area contributed by atoms with Crippen LogP contribution in [0.3, 0.4) is 0 Å². The van der Waals surface area contributed by atoms with Gasteiger partial charge in [0.05, 0.1) is 18.3 Å². The molecule has 3 heteroatoms. The lowest BCUT2D eigenvalue weighted by Gasteiger charge is -2.16. The van der Waals surface area contributed by atoms with Gasteiger partial charge in [0.15, 0.2) is 0 Å². The smallest absolute Gasteiger partial charge is 0.124 e. The molecule has 0 aliphatic heterocycles. The number of hydrogen-bond acceptors (Lipinski definition) is 2. The number of benzene rings is 5. The van der Waals surface area contributed by atoms with Crippen LogP contribution < -0.4 is 5.19 Å². The third kappa shape index (κ3) is 4.93. The molecule has 6 aromatic rings. The van der Waals surface area contributed by atoms with Gasteiger partial charge in [-0.3, -0.25) is 0 Å². The minimum atomic E-state index is -1.27. The Kier molecular flexibility index (Phi) is 6.11. The Morgan fingerprint density at radius 3 is 1.51 bits per heavy atom. The summed E-state index contributed by atoms with van der Waals surface area (Å²) in [7, 11) is -1.27. The molecule has 0 unspecified atom stereocenters. The van der Waals surface area contributed by atoms with Gasteiger partial charge in [0.25, 0.3) is 0 Å². The van der Waals surface area contributed by atoms with Gasteiger partial charge in [-0.15, -0.1) is 11.3 Å². The molecule has 180 valence electrons. The standard InChI is InChI=1S/C34H29NSSi/c1-37(2,3)31-21-19-27(20-22-31)26-13-11-24(12-14-26)25-15-17-28(18-16-25)29-7-6-8-30(23-29)34-35-32-9-4-5-10-33(32)36-34/h4-23H,1-3H3. The first-order valence-electron chi connectivity index (χ1n) is 12.7. The predicted octanol–water partition coefficient (Wildman–Crippen LogP) is 9.51. The van der Waals surface area contributed by atoms with Gasteiger partial charge in [0, 0.05) is 5.56 Å². The summed E-state index contributed by atoms with van der Waals surface area (Å²) in [5.74, 6) is 0. The van der Waals surface area contributed by atoms with Crippen LogP contribution in [-0.2, 0) is 0 Å². The normalized spacial score (nSPS) is 11.6. The molecule has 0 bridgehead atoms. The summed E-state index contributed by atoms with van der Waals surface area (Å²) < 4.78 is 1.22.